The topological polar surface area (TPSA) is 69.7 Å². The zero-order chi connectivity index (χ0) is 15.2. The fourth-order valence-electron chi connectivity index (χ4n) is 2.19. The predicted octanol–water partition coefficient (Wildman–Crippen LogP) is 1.78. The molecule has 0 bridgehead atoms. The lowest BCUT2D eigenvalue weighted by atomic mass is 10.2. The summed E-state index contributed by atoms with van der Waals surface area (Å²) in [6.07, 6.45) is 1.16. The summed E-state index contributed by atoms with van der Waals surface area (Å²) in [6, 6.07) is 3.62. The van der Waals surface area contributed by atoms with Gasteiger partial charge in [-0.25, -0.2) is 9.78 Å². The molecule has 0 amide bonds. The molecule has 116 valence electrons. The van der Waals surface area contributed by atoms with Gasteiger partial charge in [0, 0.05) is 12.6 Å². The van der Waals surface area contributed by atoms with Gasteiger partial charge in [0.05, 0.1) is 37.7 Å². The summed E-state index contributed by atoms with van der Waals surface area (Å²) >= 11 is 0. The van der Waals surface area contributed by atoms with Crippen LogP contribution in [0.25, 0.3) is 0 Å². The Hall–Kier alpha value is -1.66. The lowest BCUT2D eigenvalue weighted by molar-refractivity contribution is 0.0395. The second-order valence-corrected chi connectivity index (χ2v) is 5.19. The first-order valence-corrected chi connectivity index (χ1v) is 7.12. The maximum atomic E-state index is 11.5. The van der Waals surface area contributed by atoms with E-state index in [4.69, 9.17) is 14.2 Å². The van der Waals surface area contributed by atoms with Gasteiger partial charge < -0.3 is 19.5 Å². The zero-order valence-electron chi connectivity index (χ0n) is 12.7. The summed E-state index contributed by atoms with van der Waals surface area (Å²) in [5.41, 5.74) is 1.12. The molecule has 2 rings (SSSR count). The van der Waals surface area contributed by atoms with Crippen LogP contribution in [0.3, 0.4) is 0 Å². The molecule has 2 heterocycles. The van der Waals surface area contributed by atoms with Crippen molar-refractivity contribution in [3.05, 3.63) is 23.4 Å². The Morgan fingerprint density at radius 1 is 1.57 bits per heavy atom. The van der Waals surface area contributed by atoms with E-state index in [1.54, 1.807) is 19.1 Å². The molecule has 1 aromatic rings. The van der Waals surface area contributed by atoms with Crippen LogP contribution >= 0.6 is 0 Å². The summed E-state index contributed by atoms with van der Waals surface area (Å²) in [6.45, 7) is 5.86. The van der Waals surface area contributed by atoms with E-state index in [1.165, 1.54) is 7.11 Å². The van der Waals surface area contributed by atoms with Gasteiger partial charge in [-0.1, -0.05) is 0 Å². The Morgan fingerprint density at radius 2 is 2.38 bits per heavy atom. The summed E-state index contributed by atoms with van der Waals surface area (Å²) in [4.78, 5) is 15.9. The molecule has 1 aromatic heterocycles. The highest BCUT2D eigenvalue weighted by Crippen LogP contribution is 2.13. The standard InChI is InChI=1S/C15H22N2O4/c1-10(8-21-12-6-7-20-9-12)16-14-5-4-13(11(2)17-14)15(18)19-3/h4-5,10,12H,6-9H2,1-3H3,(H,16,17). The number of ether oxygens (including phenoxy) is 3. The van der Waals surface area contributed by atoms with Gasteiger partial charge in [-0.15, -0.1) is 0 Å². The Kier molecular flexibility index (Phi) is 5.52. The van der Waals surface area contributed by atoms with E-state index in [0.29, 0.717) is 24.5 Å². The lowest BCUT2D eigenvalue weighted by Gasteiger charge is -2.18. The fraction of sp³-hybridized carbons (Fsp3) is 0.600. The summed E-state index contributed by atoms with van der Waals surface area (Å²) in [5.74, 6) is 0.350. The van der Waals surface area contributed by atoms with Gasteiger partial charge in [0.25, 0.3) is 0 Å². The van der Waals surface area contributed by atoms with Gasteiger partial charge in [-0.2, -0.15) is 0 Å². The molecule has 0 saturated carbocycles. The monoisotopic (exact) mass is 294 g/mol. The first-order valence-electron chi connectivity index (χ1n) is 7.12. The number of methoxy groups -OCH3 is 1. The Morgan fingerprint density at radius 3 is 3.00 bits per heavy atom. The average molecular weight is 294 g/mol. The number of aryl methyl sites for hydroxylation is 1. The van der Waals surface area contributed by atoms with Gasteiger partial charge in [0.15, 0.2) is 0 Å². The number of esters is 1. The molecule has 2 atom stereocenters. The van der Waals surface area contributed by atoms with Crippen LogP contribution in [0.4, 0.5) is 5.82 Å². The lowest BCUT2D eigenvalue weighted by Crippen LogP contribution is -2.26. The van der Waals surface area contributed by atoms with Crippen LogP contribution in [0.5, 0.6) is 0 Å². The van der Waals surface area contributed by atoms with E-state index >= 15 is 0 Å². The van der Waals surface area contributed by atoms with Gasteiger partial charge in [-0.3, -0.25) is 0 Å². The van der Waals surface area contributed by atoms with Crippen LogP contribution in [0.1, 0.15) is 29.4 Å². The smallest absolute Gasteiger partial charge is 0.339 e. The highest BCUT2D eigenvalue weighted by Gasteiger charge is 2.17. The number of aromatic nitrogens is 1. The van der Waals surface area contributed by atoms with Gasteiger partial charge >= 0.3 is 5.97 Å². The number of hydrogen-bond acceptors (Lipinski definition) is 6. The number of rotatable bonds is 6. The van der Waals surface area contributed by atoms with Crippen molar-refractivity contribution in [3.8, 4) is 0 Å². The molecule has 0 aliphatic carbocycles. The molecule has 6 heteroatoms. The van der Waals surface area contributed by atoms with E-state index < -0.39 is 0 Å². The van der Waals surface area contributed by atoms with E-state index in [1.807, 2.05) is 6.92 Å². The predicted molar refractivity (Wildman–Crippen MR) is 78.6 cm³/mol. The minimum Gasteiger partial charge on any atom is -0.465 e. The molecule has 1 saturated heterocycles. The van der Waals surface area contributed by atoms with E-state index in [0.717, 1.165) is 18.8 Å². The van der Waals surface area contributed by atoms with Crippen molar-refractivity contribution in [3.63, 3.8) is 0 Å². The van der Waals surface area contributed by atoms with Gasteiger partial charge in [-0.05, 0) is 32.4 Å². The fourth-order valence-corrected chi connectivity index (χ4v) is 2.19. The third kappa shape index (κ3) is 4.41. The average Bonchev–Trinajstić information content (AvgIpc) is 2.98. The summed E-state index contributed by atoms with van der Waals surface area (Å²) in [5, 5.41) is 3.26. The number of nitrogens with one attached hydrogen (secondary N) is 1. The van der Waals surface area contributed by atoms with Crippen molar-refractivity contribution < 1.29 is 19.0 Å². The molecule has 2 unspecified atom stereocenters. The van der Waals surface area contributed by atoms with Crippen LogP contribution in [-0.2, 0) is 14.2 Å². The molecule has 1 aliphatic rings. The molecule has 0 radical (unpaired) electrons. The number of hydrogen-bond donors (Lipinski definition) is 1. The second-order valence-electron chi connectivity index (χ2n) is 5.19. The molecule has 1 aliphatic heterocycles. The van der Waals surface area contributed by atoms with Gasteiger partial charge in [0.2, 0.25) is 0 Å². The first-order chi connectivity index (χ1) is 10.1. The quantitative estimate of drug-likeness (QED) is 0.807. The molecule has 1 fully saturated rings. The SMILES string of the molecule is COC(=O)c1ccc(NC(C)COC2CCOC2)nc1C. The first kappa shape index (κ1) is 15.7. The summed E-state index contributed by atoms with van der Waals surface area (Å²) < 4.78 is 15.7. The van der Waals surface area contributed by atoms with Crippen molar-refractivity contribution in [2.45, 2.75) is 32.4 Å². The third-order valence-corrected chi connectivity index (χ3v) is 3.36. The maximum Gasteiger partial charge on any atom is 0.339 e. The van der Waals surface area contributed by atoms with Crippen molar-refractivity contribution >= 4 is 11.8 Å². The highest BCUT2D eigenvalue weighted by atomic mass is 16.5. The Balaban J connectivity index is 1.86. The molecule has 0 aromatic carbocycles. The van der Waals surface area contributed by atoms with Crippen LogP contribution in [0.2, 0.25) is 0 Å². The van der Waals surface area contributed by atoms with Crippen molar-refractivity contribution in [2.24, 2.45) is 0 Å². The normalized spacial score (nSPS) is 19.3. The molecular formula is C15H22N2O4. The Bertz CT molecular complexity index is 487. The number of anilines is 1. The number of nitrogens with zero attached hydrogens (tertiary/aromatic N) is 1. The van der Waals surface area contributed by atoms with Crippen molar-refractivity contribution in [1.82, 2.24) is 4.98 Å². The number of carbonyl (C=O) groups is 1. The van der Waals surface area contributed by atoms with Crippen molar-refractivity contribution in [1.29, 1.82) is 0 Å². The van der Waals surface area contributed by atoms with E-state index in [9.17, 15) is 4.79 Å². The molecule has 6 nitrogen and oxygen atoms in total. The highest BCUT2D eigenvalue weighted by molar-refractivity contribution is 5.90. The van der Waals surface area contributed by atoms with Crippen LogP contribution in [0.15, 0.2) is 12.1 Å². The minimum atomic E-state index is -0.371. The van der Waals surface area contributed by atoms with Gasteiger partial charge in [0.1, 0.15) is 5.82 Å². The van der Waals surface area contributed by atoms with Crippen LogP contribution in [-0.4, -0.2) is 50.0 Å². The zero-order valence-corrected chi connectivity index (χ0v) is 12.7. The van der Waals surface area contributed by atoms with E-state index in [2.05, 4.69) is 10.3 Å². The molecule has 21 heavy (non-hydrogen) atoms. The number of carbonyl (C=O) groups excluding carboxylic acids is 1. The molecular weight excluding hydrogens is 272 g/mol. The number of pyridine rings is 1. The summed E-state index contributed by atoms with van der Waals surface area (Å²) in [7, 11) is 1.36. The largest absolute Gasteiger partial charge is 0.465 e. The minimum absolute atomic E-state index is 0.126. The van der Waals surface area contributed by atoms with E-state index in [-0.39, 0.29) is 18.1 Å². The Labute approximate surface area is 124 Å². The molecule has 1 N–H and O–H groups in total. The van der Waals surface area contributed by atoms with Crippen molar-refractivity contribution in [2.75, 3.05) is 32.2 Å². The van der Waals surface area contributed by atoms with Crippen LogP contribution < -0.4 is 5.32 Å². The van der Waals surface area contributed by atoms with Crippen LogP contribution in [0, 0.1) is 6.92 Å². The third-order valence-electron chi connectivity index (χ3n) is 3.36. The second kappa shape index (κ2) is 7.38. The maximum absolute atomic E-state index is 11.5. The molecule has 0 spiro atoms.